The molecule has 124 valence electrons. The summed E-state index contributed by atoms with van der Waals surface area (Å²) >= 11 is 0. The van der Waals surface area contributed by atoms with Gasteiger partial charge in [-0.15, -0.1) is 0 Å². The third-order valence-corrected chi connectivity index (χ3v) is 4.47. The first kappa shape index (κ1) is 14.6. The topological polar surface area (TPSA) is 87.8 Å². The molecule has 2 aliphatic heterocycles. The molecule has 1 saturated heterocycles. The van der Waals surface area contributed by atoms with Crippen molar-refractivity contribution >= 4 is 17.6 Å². The average Bonchev–Trinajstić information content (AvgIpc) is 3.16. The predicted octanol–water partition coefficient (Wildman–Crippen LogP) is 1.32. The Labute approximate surface area is 138 Å². The van der Waals surface area contributed by atoms with Crippen LogP contribution in [-0.2, 0) is 17.8 Å². The van der Waals surface area contributed by atoms with Gasteiger partial charge in [-0.3, -0.25) is 4.79 Å². The minimum absolute atomic E-state index is 0.260. The van der Waals surface area contributed by atoms with Crippen molar-refractivity contribution in [3.05, 3.63) is 35.9 Å². The monoisotopic (exact) mass is 328 g/mol. The normalized spacial score (nSPS) is 19.3. The molecule has 0 saturated carbocycles. The number of urea groups is 1. The zero-order valence-electron chi connectivity index (χ0n) is 13.3. The molecular formula is C16H16N4O4. The third-order valence-electron chi connectivity index (χ3n) is 4.47. The maximum atomic E-state index is 12.8. The third kappa shape index (κ3) is 1.96. The van der Waals surface area contributed by atoms with Crippen molar-refractivity contribution in [1.82, 2.24) is 14.9 Å². The van der Waals surface area contributed by atoms with Crippen LogP contribution in [0.1, 0.15) is 11.4 Å². The molecule has 2 aliphatic rings. The van der Waals surface area contributed by atoms with Crippen molar-refractivity contribution < 1.29 is 19.1 Å². The van der Waals surface area contributed by atoms with Gasteiger partial charge in [-0.1, -0.05) is 0 Å². The van der Waals surface area contributed by atoms with E-state index >= 15 is 0 Å². The van der Waals surface area contributed by atoms with Crippen LogP contribution in [0, 0.1) is 0 Å². The number of amides is 3. The second-order valence-corrected chi connectivity index (χ2v) is 5.67. The van der Waals surface area contributed by atoms with E-state index in [1.165, 1.54) is 12.0 Å². The lowest BCUT2D eigenvalue weighted by Crippen LogP contribution is -2.40. The molecule has 1 aromatic heterocycles. The molecule has 8 nitrogen and oxygen atoms in total. The fourth-order valence-corrected chi connectivity index (χ4v) is 3.22. The number of aromatic amines is 1. The number of anilines is 1. The van der Waals surface area contributed by atoms with Crippen LogP contribution in [0.2, 0.25) is 0 Å². The summed E-state index contributed by atoms with van der Waals surface area (Å²) in [7, 11) is 3.03. The van der Waals surface area contributed by atoms with E-state index in [1.807, 2.05) is 0 Å². The van der Waals surface area contributed by atoms with Crippen LogP contribution in [0.4, 0.5) is 10.5 Å². The van der Waals surface area contributed by atoms with Gasteiger partial charge in [-0.25, -0.2) is 14.7 Å². The van der Waals surface area contributed by atoms with E-state index in [0.29, 0.717) is 30.2 Å². The fourth-order valence-electron chi connectivity index (χ4n) is 3.22. The predicted molar refractivity (Wildman–Crippen MR) is 84.1 cm³/mol. The summed E-state index contributed by atoms with van der Waals surface area (Å²) < 4.78 is 10.5. The van der Waals surface area contributed by atoms with Crippen molar-refractivity contribution in [2.75, 3.05) is 19.1 Å². The number of imide groups is 1. The number of rotatable bonds is 3. The lowest BCUT2D eigenvalue weighted by Gasteiger charge is -2.25. The molecule has 0 aliphatic carbocycles. The van der Waals surface area contributed by atoms with E-state index in [1.54, 1.807) is 36.5 Å². The smallest absolute Gasteiger partial charge is 0.332 e. The molecule has 3 amide bonds. The summed E-state index contributed by atoms with van der Waals surface area (Å²) in [4.78, 5) is 35.6. The van der Waals surface area contributed by atoms with Crippen LogP contribution in [0.3, 0.4) is 0 Å². The van der Waals surface area contributed by atoms with Crippen LogP contribution < -0.4 is 14.4 Å². The van der Waals surface area contributed by atoms with Gasteiger partial charge < -0.3 is 19.4 Å². The quantitative estimate of drug-likeness (QED) is 0.859. The van der Waals surface area contributed by atoms with Crippen molar-refractivity contribution in [2.45, 2.75) is 19.0 Å². The summed E-state index contributed by atoms with van der Waals surface area (Å²) in [6.45, 7) is 0.322. The van der Waals surface area contributed by atoms with Crippen LogP contribution in [0.5, 0.6) is 11.5 Å². The average molecular weight is 328 g/mol. The highest BCUT2D eigenvalue weighted by Gasteiger charge is 2.49. The molecule has 4 rings (SSSR count). The van der Waals surface area contributed by atoms with E-state index in [-0.39, 0.29) is 11.9 Å². The number of nitrogens with one attached hydrogen (secondary N) is 1. The number of aromatic nitrogens is 2. The second kappa shape index (κ2) is 5.26. The van der Waals surface area contributed by atoms with Crippen molar-refractivity contribution in [2.24, 2.45) is 0 Å². The molecule has 1 N–H and O–H groups in total. The van der Waals surface area contributed by atoms with Crippen LogP contribution >= 0.6 is 0 Å². The molecule has 1 unspecified atom stereocenters. The Hall–Kier alpha value is -3.03. The van der Waals surface area contributed by atoms with Gasteiger partial charge in [-0.05, 0) is 12.1 Å². The van der Waals surface area contributed by atoms with Crippen LogP contribution in [0.15, 0.2) is 24.5 Å². The lowest BCUT2D eigenvalue weighted by molar-refractivity contribution is -0.120. The molecular weight excluding hydrogens is 312 g/mol. The Morgan fingerprint density at radius 1 is 1.25 bits per heavy atom. The van der Waals surface area contributed by atoms with Gasteiger partial charge in [0, 0.05) is 18.2 Å². The zero-order valence-corrected chi connectivity index (χ0v) is 13.3. The number of nitrogens with zero attached hydrogens (tertiary/aromatic N) is 3. The fraction of sp³-hybridized carbons (Fsp3) is 0.312. The first-order valence-electron chi connectivity index (χ1n) is 7.51. The van der Waals surface area contributed by atoms with Gasteiger partial charge in [0.25, 0.3) is 5.91 Å². The molecule has 0 bridgehead atoms. The Morgan fingerprint density at radius 3 is 2.83 bits per heavy atom. The minimum atomic E-state index is -0.516. The molecule has 1 atom stereocenters. The summed E-state index contributed by atoms with van der Waals surface area (Å²) in [5.41, 5.74) is 2.12. The lowest BCUT2D eigenvalue weighted by atomic mass is 10.0. The highest BCUT2D eigenvalue weighted by molar-refractivity contribution is 6.22. The van der Waals surface area contributed by atoms with Crippen molar-refractivity contribution in [1.29, 1.82) is 0 Å². The number of ether oxygens (including phenoxy) is 2. The Balaban J connectivity index is 1.72. The first-order valence-corrected chi connectivity index (χ1v) is 7.51. The molecule has 2 aromatic rings. The second-order valence-electron chi connectivity index (χ2n) is 5.67. The molecule has 0 spiro atoms. The summed E-state index contributed by atoms with van der Waals surface area (Å²) in [5, 5.41) is 0. The molecule has 1 fully saturated rings. The van der Waals surface area contributed by atoms with Gasteiger partial charge >= 0.3 is 6.03 Å². The summed E-state index contributed by atoms with van der Waals surface area (Å²) in [6, 6.07) is 4.12. The van der Waals surface area contributed by atoms with Gasteiger partial charge in [0.1, 0.15) is 17.5 Å². The standard InChI is InChI=1S/C16H16N4O4/c1-23-9-3-4-12(14(5-9)24-2)20-15(21)13-6-10-11(18-8-17-10)7-19(13)16(20)22/h3-5,8,13H,6-7H2,1-2H3,(H,17,18). The highest BCUT2D eigenvalue weighted by atomic mass is 16.5. The maximum Gasteiger partial charge on any atom is 0.332 e. The van der Waals surface area contributed by atoms with Gasteiger partial charge in [-0.2, -0.15) is 0 Å². The maximum absolute atomic E-state index is 12.8. The Bertz CT molecular complexity index is 793. The molecule has 1 aromatic carbocycles. The molecule has 8 heteroatoms. The van der Waals surface area contributed by atoms with E-state index in [9.17, 15) is 9.59 Å². The minimum Gasteiger partial charge on any atom is -0.497 e. The highest BCUT2D eigenvalue weighted by Crippen LogP contribution is 2.38. The van der Waals surface area contributed by atoms with Crippen LogP contribution in [0.25, 0.3) is 0 Å². The van der Waals surface area contributed by atoms with Crippen molar-refractivity contribution in [3.63, 3.8) is 0 Å². The van der Waals surface area contributed by atoms with Gasteiger partial charge in [0.05, 0.1) is 38.5 Å². The van der Waals surface area contributed by atoms with Crippen molar-refractivity contribution in [3.8, 4) is 11.5 Å². The van der Waals surface area contributed by atoms with E-state index < -0.39 is 6.04 Å². The van der Waals surface area contributed by atoms with E-state index in [4.69, 9.17) is 9.47 Å². The SMILES string of the molecule is COc1ccc(N2C(=O)C3Cc4[nH]cnc4CN3C2=O)c(OC)c1. The van der Waals surface area contributed by atoms with Gasteiger partial charge in [0.2, 0.25) is 0 Å². The zero-order chi connectivity index (χ0) is 16.8. The Kier molecular flexibility index (Phi) is 3.19. The number of H-pyrrole nitrogens is 1. The number of carbonyl (C=O) groups is 2. The number of benzene rings is 1. The largest absolute Gasteiger partial charge is 0.497 e. The number of hydrogen-bond acceptors (Lipinski definition) is 5. The summed E-state index contributed by atoms with van der Waals surface area (Å²) in [6.07, 6.45) is 2.03. The number of methoxy groups -OCH3 is 2. The number of imidazole rings is 1. The molecule has 24 heavy (non-hydrogen) atoms. The van der Waals surface area contributed by atoms with E-state index in [2.05, 4.69) is 9.97 Å². The van der Waals surface area contributed by atoms with E-state index in [0.717, 1.165) is 11.4 Å². The number of carbonyl (C=O) groups excluding carboxylic acids is 2. The number of fused-ring (bicyclic) bond motifs is 2. The first-order chi connectivity index (χ1) is 11.6. The molecule has 3 heterocycles. The van der Waals surface area contributed by atoms with Gasteiger partial charge in [0.15, 0.2) is 0 Å². The number of hydrogen-bond donors (Lipinski definition) is 1. The Morgan fingerprint density at radius 2 is 2.08 bits per heavy atom. The summed E-state index contributed by atoms with van der Waals surface area (Å²) in [5.74, 6) is 0.739. The van der Waals surface area contributed by atoms with Crippen LogP contribution in [-0.4, -0.2) is 47.1 Å². The molecule has 0 radical (unpaired) electrons.